The Bertz CT molecular complexity index is 1390. The maximum atomic E-state index is 13.6. The van der Waals surface area contributed by atoms with Crippen LogP contribution in [0.4, 0.5) is 4.39 Å². The Morgan fingerprint density at radius 2 is 1.85 bits per heavy atom. The van der Waals surface area contributed by atoms with Crippen LogP contribution < -0.4 is 10.3 Å². The van der Waals surface area contributed by atoms with Crippen molar-refractivity contribution in [3.8, 4) is 16.3 Å². The van der Waals surface area contributed by atoms with E-state index in [9.17, 15) is 14.0 Å². The van der Waals surface area contributed by atoms with Crippen LogP contribution in [0.5, 0.6) is 5.75 Å². The summed E-state index contributed by atoms with van der Waals surface area (Å²) in [4.78, 5) is 34.5. The first kappa shape index (κ1) is 22.2. The van der Waals surface area contributed by atoms with E-state index in [-0.39, 0.29) is 17.3 Å². The zero-order chi connectivity index (χ0) is 23.7. The molecule has 2 aromatic heterocycles. The Labute approximate surface area is 198 Å². The van der Waals surface area contributed by atoms with Crippen molar-refractivity contribution >= 4 is 22.2 Å². The van der Waals surface area contributed by atoms with Gasteiger partial charge in [-0.2, -0.15) is 9.61 Å². The predicted molar refractivity (Wildman–Crippen MR) is 127 cm³/mol. The zero-order valence-corrected chi connectivity index (χ0v) is 19.3. The van der Waals surface area contributed by atoms with E-state index in [1.54, 1.807) is 43.5 Å². The minimum Gasteiger partial charge on any atom is -0.497 e. The van der Waals surface area contributed by atoms with Crippen LogP contribution in [0.25, 0.3) is 15.5 Å². The third-order valence-corrected chi connectivity index (χ3v) is 6.71. The Hall–Kier alpha value is -3.63. The topological polar surface area (TPSA) is 80.0 Å². The molecule has 2 aromatic carbocycles. The average Bonchev–Trinajstić information content (AvgIpc) is 3.29. The lowest BCUT2D eigenvalue weighted by atomic mass is 10.1. The van der Waals surface area contributed by atoms with Crippen LogP contribution in [0.3, 0.4) is 0 Å². The Morgan fingerprint density at radius 1 is 1.09 bits per heavy atom. The van der Waals surface area contributed by atoms with Gasteiger partial charge in [0.1, 0.15) is 16.6 Å². The highest BCUT2D eigenvalue weighted by Crippen LogP contribution is 2.25. The molecule has 1 amide bonds. The molecule has 5 rings (SSSR count). The van der Waals surface area contributed by atoms with E-state index in [1.807, 2.05) is 4.90 Å². The quantitative estimate of drug-likeness (QED) is 0.438. The molecule has 1 saturated heterocycles. The molecule has 0 saturated carbocycles. The van der Waals surface area contributed by atoms with Crippen LogP contribution in [0.1, 0.15) is 16.1 Å². The molecule has 0 N–H and O–H groups in total. The normalized spacial score (nSPS) is 14.5. The number of fused-ring (bicyclic) bond motifs is 1. The standard InChI is InChI=1S/C24H22FN5O3S/c1-33-20-7-5-16(6-8-20)23(32)29-11-9-28(10-12-29)15-19-14-21(31)30-24(26-19)34-22(27-30)17-3-2-4-18(25)13-17/h2-8,13-14H,9-12,15H2,1H3. The SMILES string of the molecule is COc1ccc(C(=O)N2CCN(Cc3cc(=O)n4nc(-c5cccc(F)c5)sc4n3)CC2)cc1. The number of carbonyl (C=O) groups is 1. The zero-order valence-electron chi connectivity index (χ0n) is 18.5. The molecule has 1 aliphatic heterocycles. The monoisotopic (exact) mass is 479 g/mol. The molecule has 0 spiro atoms. The van der Waals surface area contributed by atoms with Crippen LogP contribution in [0.15, 0.2) is 59.4 Å². The molecule has 1 fully saturated rings. The lowest BCUT2D eigenvalue weighted by molar-refractivity contribution is 0.0627. The fraction of sp³-hybridized carbons (Fsp3) is 0.250. The van der Waals surface area contributed by atoms with E-state index >= 15 is 0 Å². The smallest absolute Gasteiger partial charge is 0.275 e. The second kappa shape index (κ2) is 9.32. The van der Waals surface area contributed by atoms with Gasteiger partial charge in [-0.15, -0.1) is 0 Å². The van der Waals surface area contributed by atoms with Gasteiger partial charge in [0.05, 0.1) is 12.8 Å². The highest BCUT2D eigenvalue weighted by molar-refractivity contribution is 7.19. The molecule has 174 valence electrons. The number of nitrogens with zero attached hydrogens (tertiary/aromatic N) is 5. The van der Waals surface area contributed by atoms with Crippen molar-refractivity contribution in [2.45, 2.75) is 6.54 Å². The molecular weight excluding hydrogens is 457 g/mol. The molecule has 10 heteroatoms. The van der Waals surface area contributed by atoms with Gasteiger partial charge >= 0.3 is 0 Å². The second-order valence-electron chi connectivity index (χ2n) is 7.99. The Balaban J connectivity index is 1.26. The number of rotatable bonds is 5. The first-order valence-electron chi connectivity index (χ1n) is 10.8. The summed E-state index contributed by atoms with van der Waals surface area (Å²) in [5.74, 6) is 0.350. The minimum atomic E-state index is -0.359. The molecule has 8 nitrogen and oxygen atoms in total. The van der Waals surface area contributed by atoms with Gasteiger partial charge in [0.25, 0.3) is 11.5 Å². The number of hydrogen-bond donors (Lipinski definition) is 0. The van der Waals surface area contributed by atoms with Crippen molar-refractivity contribution in [2.75, 3.05) is 33.3 Å². The van der Waals surface area contributed by atoms with Gasteiger partial charge in [-0.3, -0.25) is 14.5 Å². The van der Waals surface area contributed by atoms with E-state index in [0.29, 0.717) is 65.3 Å². The van der Waals surface area contributed by atoms with Gasteiger partial charge in [0, 0.05) is 49.9 Å². The minimum absolute atomic E-state index is 0.00497. The summed E-state index contributed by atoms with van der Waals surface area (Å²) >= 11 is 1.25. The fourth-order valence-electron chi connectivity index (χ4n) is 3.93. The van der Waals surface area contributed by atoms with Gasteiger partial charge in [0.2, 0.25) is 4.96 Å². The Morgan fingerprint density at radius 3 is 2.56 bits per heavy atom. The van der Waals surface area contributed by atoms with Gasteiger partial charge in [0.15, 0.2) is 0 Å². The summed E-state index contributed by atoms with van der Waals surface area (Å²) in [6.45, 7) is 3.05. The molecule has 0 unspecified atom stereocenters. The molecule has 4 aromatic rings. The van der Waals surface area contributed by atoms with E-state index < -0.39 is 0 Å². The average molecular weight is 480 g/mol. The third kappa shape index (κ3) is 4.55. The summed E-state index contributed by atoms with van der Waals surface area (Å²) in [5.41, 5.74) is 1.62. The summed E-state index contributed by atoms with van der Waals surface area (Å²) in [6.07, 6.45) is 0. The van der Waals surface area contributed by atoms with Crippen LogP contribution in [0.2, 0.25) is 0 Å². The Kier molecular flexibility index (Phi) is 6.08. The maximum Gasteiger partial charge on any atom is 0.275 e. The number of carbonyl (C=O) groups excluding carboxylic acids is 1. The van der Waals surface area contributed by atoms with E-state index in [4.69, 9.17) is 4.74 Å². The van der Waals surface area contributed by atoms with E-state index in [2.05, 4.69) is 15.0 Å². The second-order valence-corrected chi connectivity index (χ2v) is 8.95. The summed E-state index contributed by atoms with van der Waals surface area (Å²) < 4.78 is 20.0. The van der Waals surface area contributed by atoms with E-state index in [0.717, 1.165) is 0 Å². The number of aromatic nitrogens is 3. The molecule has 1 aliphatic rings. The van der Waals surface area contributed by atoms with Crippen LogP contribution in [-0.4, -0.2) is 63.6 Å². The van der Waals surface area contributed by atoms with Crippen molar-refractivity contribution in [3.63, 3.8) is 0 Å². The van der Waals surface area contributed by atoms with Crippen LogP contribution >= 0.6 is 11.3 Å². The number of methoxy groups -OCH3 is 1. The number of hydrogen-bond acceptors (Lipinski definition) is 7. The van der Waals surface area contributed by atoms with Crippen molar-refractivity contribution in [1.29, 1.82) is 0 Å². The number of piperazine rings is 1. The van der Waals surface area contributed by atoms with Gasteiger partial charge in [-0.05, 0) is 36.4 Å². The number of amides is 1. The number of ether oxygens (including phenoxy) is 1. The van der Waals surface area contributed by atoms with Crippen LogP contribution in [0, 0.1) is 5.82 Å². The van der Waals surface area contributed by atoms with Gasteiger partial charge in [-0.25, -0.2) is 9.37 Å². The molecule has 0 atom stereocenters. The third-order valence-electron chi connectivity index (χ3n) is 5.75. The maximum absolute atomic E-state index is 13.6. The molecule has 0 aliphatic carbocycles. The van der Waals surface area contributed by atoms with Crippen molar-refractivity contribution in [2.24, 2.45) is 0 Å². The number of benzene rings is 2. The highest BCUT2D eigenvalue weighted by atomic mass is 32.1. The molecular formula is C24H22FN5O3S. The fourth-order valence-corrected chi connectivity index (χ4v) is 4.85. The lowest BCUT2D eigenvalue weighted by Crippen LogP contribution is -2.48. The summed E-state index contributed by atoms with van der Waals surface area (Å²) in [6, 6.07) is 14.7. The molecule has 0 radical (unpaired) electrons. The van der Waals surface area contributed by atoms with Crippen molar-refractivity contribution in [3.05, 3.63) is 82.0 Å². The lowest BCUT2D eigenvalue weighted by Gasteiger charge is -2.34. The summed E-state index contributed by atoms with van der Waals surface area (Å²) in [7, 11) is 1.59. The van der Waals surface area contributed by atoms with E-state index in [1.165, 1.54) is 34.1 Å². The largest absolute Gasteiger partial charge is 0.497 e. The van der Waals surface area contributed by atoms with Crippen LogP contribution in [-0.2, 0) is 6.54 Å². The highest BCUT2D eigenvalue weighted by Gasteiger charge is 2.23. The van der Waals surface area contributed by atoms with Crippen molar-refractivity contribution in [1.82, 2.24) is 24.4 Å². The molecule has 34 heavy (non-hydrogen) atoms. The molecule has 3 heterocycles. The summed E-state index contributed by atoms with van der Waals surface area (Å²) in [5, 5.41) is 4.84. The van der Waals surface area contributed by atoms with Gasteiger partial charge in [-0.1, -0.05) is 23.5 Å². The van der Waals surface area contributed by atoms with Gasteiger partial charge < -0.3 is 9.64 Å². The molecule has 0 bridgehead atoms. The first-order chi connectivity index (χ1) is 16.5. The first-order valence-corrected chi connectivity index (χ1v) is 11.6. The predicted octanol–water partition coefficient (Wildman–Crippen LogP) is 2.92. The number of halogens is 1. The van der Waals surface area contributed by atoms with Crippen molar-refractivity contribution < 1.29 is 13.9 Å².